The van der Waals surface area contributed by atoms with Crippen molar-refractivity contribution in [2.75, 3.05) is 6.61 Å². The van der Waals surface area contributed by atoms with Crippen LogP contribution < -0.4 is 9.47 Å². The van der Waals surface area contributed by atoms with Gasteiger partial charge < -0.3 is 14.2 Å². The number of Topliss-reactive ketones (excluding diaryl/α,β-unsaturated/α-hetero) is 1. The van der Waals surface area contributed by atoms with Crippen LogP contribution >= 0.6 is 0 Å². The fourth-order valence-corrected chi connectivity index (χ4v) is 3.58. The summed E-state index contributed by atoms with van der Waals surface area (Å²) in [7, 11) is 0. The molecule has 0 amide bonds. The van der Waals surface area contributed by atoms with Crippen molar-refractivity contribution in [3.05, 3.63) is 89.5 Å². The van der Waals surface area contributed by atoms with Gasteiger partial charge in [0.1, 0.15) is 23.2 Å². The van der Waals surface area contributed by atoms with Crippen molar-refractivity contribution in [3.8, 4) is 17.2 Å². The Morgan fingerprint density at radius 3 is 2.03 bits per heavy atom. The number of carbonyl (C=O) groups excluding carboxylic acids is 2. The highest BCUT2D eigenvalue weighted by Gasteiger charge is 2.35. The predicted molar refractivity (Wildman–Crippen MR) is 112 cm³/mol. The largest absolute Gasteiger partial charge is 0.494 e. The maximum atomic E-state index is 13.2. The van der Waals surface area contributed by atoms with E-state index in [1.807, 2.05) is 55.5 Å². The lowest BCUT2D eigenvalue weighted by atomic mass is 9.88. The molecular weight excluding hydrogens is 380 g/mol. The Balaban J connectivity index is 1.56. The average Bonchev–Trinajstić information content (AvgIpc) is 2.77. The maximum absolute atomic E-state index is 13.2. The molecule has 0 aromatic heterocycles. The van der Waals surface area contributed by atoms with Crippen LogP contribution in [-0.4, -0.2) is 24.5 Å². The molecule has 152 valence electrons. The first-order valence-corrected chi connectivity index (χ1v) is 9.91. The summed E-state index contributed by atoms with van der Waals surface area (Å²) >= 11 is 0. The first kappa shape index (κ1) is 19.7. The summed E-state index contributed by atoms with van der Waals surface area (Å²) in [5.41, 5.74) is 1.91. The van der Waals surface area contributed by atoms with Gasteiger partial charge in [-0.1, -0.05) is 36.4 Å². The monoisotopic (exact) mass is 402 g/mol. The van der Waals surface area contributed by atoms with E-state index in [1.165, 1.54) is 0 Å². The Kier molecular flexibility index (Phi) is 5.53. The fourth-order valence-electron chi connectivity index (χ4n) is 3.58. The van der Waals surface area contributed by atoms with Crippen LogP contribution in [0.2, 0.25) is 0 Å². The molecule has 0 aliphatic carbocycles. The number of esters is 1. The molecule has 0 fully saturated rings. The van der Waals surface area contributed by atoms with Crippen LogP contribution in [0.4, 0.5) is 0 Å². The van der Waals surface area contributed by atoms with Crippen LogP contribution in [0.5, 0.6) is 17.2 Å². The van der Waals surface area contributed by atoms with Gasteiger partial charge in [-0.15, -0.1) is 0 Å². The first-order chi connectivity index (χ1) is 14.6. The lowest BCUT2D eigenvalue weighted by Crippen LogP contribution is -2.29. The molecule has 5 nitrogen and oxygen atoms in total. The number of ether oxygens (including phenoxy) is 3. The highest BCUT2D eigenvalue weighted by Crippen LogP contribution is 2.44. The molecule has 3 aromatic rings. The number of para-hydroxylation sites is 2. The summed E-state index contributed by atoms with van der Waals surface area (Å²) < 4.78 is 16.9. The molecule has 0 bridgehead atoms. The highest BCUT2D eigenvalue weighted by atomic mass is 16.5. The van der Waals surface area contributed by atoms with Gasteiger partial charge in [0.15, 0.2) is 6.10 Å². The van der Waals surface area contributed by atoms with E-state index in [0.717, 1.165) is 11.1 Å². The Labute approximate surface area is 175 Å². The molecule has 4 rings (SSSR count). The average molecular weight is 402 g/mol. The number of hydrogen-bond donors (Lipinski definition) is 0. The minimum atomic E-state index is -0.919. The zero-order valence-electron chi connectivity index (χ0n) is 16.8. The van der Waals surface area contributed by atoms with Crippen molar-refractivity contribution in [1.82, 2.24) is 0 Å². The Bertz CT molecular complexity index is 1030. The Morgan fingerprint density at radius 1 is 0.900 bits per heavy atom. The van der Waals surface area contributed by atoms with E-state index in [-0.39, 0.29) is 5.78 Å². The van der Waals surface area contributed by atoms with Gasteiger partial charge in [-0.05, 0) is 50.2 Å². The van der Waals surface area contributed by atoms with E-state index < -0.39 is 18.0 Å². The molecule has 30 heavy (non-hydrogen) atoms. The summed E-state index contributed by atoms with van der Waals surface area (Å²) in [6.45, 7) is 4.04. The minimum Gasteiger partial charge on any atom is -0.494 e. The molecule has 1 atom stereocenters. The summed E-state index contributed by atoms with van der Waals surface area (Å²) in [5.74, 6) is 0.521. The van der Waals surface area contributed by atoms with Gasteiger partial charge in [0.05, 0.1) is 6.61 Å². The first-order valence-electron chi connectivity index (χ1n) is 9.91. The second-order valence-corrected chi connectivity index (χ2v) is 7.01. The zero-order valence-corrected chi connectivity index (χ0v) is 16.8. The molecule has 0 unspecified atom stereocenters. The van der Waals surface area contributed by atoms with Gasteiger partial charge in [0.25, 0.3) is 0 Å². The number of ketones is 1. The summed E-state index contributed by atoms with van der Waals surface area (Å²) in [5, 5.41) is 0. The molecule has 3 aromatic carbocycles. The third-order valence-corrected chi connectivity index (χ3v) is 5.03. The van der Waals surface area contributed by atoms with Gasteiger partial charge in [-0.25, -0.2) is 0 Å². The molecule has 1 heterocycles. The van der Waals surface area contributed by atoms with Crippen molar-refractivity contribution in [1.29, 1.82) is 0 Å². The van der Waals surface area contributed by atoms with Gasteiger partial charge >= 0.3 is 5.97 Å². The van der Waals surface area contributed by atoms with Crippen molar-refractivity contribution in [3.63, 3.8) is 0 Å². The topological polar surface area (TPSA) is 61.8 Å². The molecule has 0 saturated carbocycles. The lowest BCUT2D eigenvalue weighted by Gasteiger charge is -2.27. The summed E-state index contributed by atoms with van der Waals surface area (Å²) in [6.07, 6.45) is -0.919. The summed E-state index contributed by atoms with van der Waals surface area (Å²) in [4.78, 5) is 25.9. The van der Waals surface area contributed by atoms with E-state index >= 15 is 0 Å². The SMILES string of the molecule is CCOc1ccc(C(=O)[C@@H](C)OC(=O)C2c3ccccc3Oc3ccccc32)cc1. The number of carbonyl (C=O) groups is 2. The number of hydrogen-bond acceptors (Lipinski definition) is 5. The number of benzene rings is 3. The number of fused-ring (bicyclic) bond motifs is 2. The normalized spacial score (nSPS) is 13.4. The van der Waals surface area contributed by atoms with Crippen LogP contribution in [0.25, 0.3) is 0 Å². The van der Waals surface area contributed by atoms with E-state index in [2.05, 4.69) is 0 Å². The van der Waals surface area contributed by atoms with E-state index in [9.17, 15) is 9.59 Å². The van der Waals surface area contributed by atoms with Gasteiger partial charge in [0.2, 0.25) is 5.78 Å². The van der Waals surface area contributed by atoms with Crippen LogP contribution in [0.1, 0.15) is 41.3 Å². The minimum absolute atomic E-state index is 0.264. The van der Waals surface area contributed by atoms with Crippen LogP contribution in [-0.2, 0) is 9.53 Å². The Morgan fingerprint density at radius 2 is 1.47 bits per heavy atom. The smallest absolute Gasteiger partial charge is 0.318 e. The predicted octanol–water partition coefficient (Wildman–Crippen LogP) is 5.14. The quantitative estimate of drug-likeness (QED) is 0.422. The molecule has 0 saturated heterocycles. The lowest BCUT2D eigenvalue weighted by molar-refractivity contribution is -0.147. The van der Waals surface area contributed by atoms with Crippen LogP contribution in [0.3, 0.4) is 0 Å². The van der Waals surface area contributed by atoms with Gasteiger partial charge in [-0.2, -0.15) is 0 Å². The molecular formula is C25H22O5. The van der Waals surface area contributed by atoms with E-state index in [0.29, 0.717) is 29.4 Å². The van der Waals surface area contributed by atoms with Crippen molar-refractivity contribution < 1.29 is 23.8 Å². The standard InChI is InChI=1S/C25H22O5/c1-3-28-18-14-12-17(13-15-18)24(26)16(2)29-25(27)23-19-8-4-6-10-21(19)30-22-11-7-5-9-20(22)23/h4-16,23H,3H2,1-2H3/t16-/m1/s1. The molecule has 0 spiro atoms. The molecule has 5 heteroatoms. The molecule has 0 N–H and O–H groups in total. The van der Waals surface area contributed by atoms with Crippen molar-refractivity contribution in [2.45, 2.75) is 25.9 Å². The highest BCUT2D eigenvalue weighted by molar-refractivity contribution is 6.00. The third kappa shape index (κ3) is 3.79. The fraction of sp³-hybridized carbons (Fsp3) is 0.200. The second kappa shape index (κ2) is 8.41. The second-order valence-electron chi connectivity index (χ2n) is 7.01. The van der Waals surface area contributed by atoms with Crippen molar-refractivity contribution >= 4 is 11.8 Å². The van der Waals surface area contributed by atoms with E-state index in [1.54, 1.807) is 31.2 Å². The third-order valence-electron chi connectivity index (χ3n) is 5.03. The summed E-state index contributed by atoms with van der Waals surface area (Å²) in [6, 6.07) is 21.6. The molecule has 0 radical (unpaired) electrons. The van der Waals surface area contributed by atoms with Crippen molar-refractivity contribution in [2.24, 2.45) is 0 Å². The maximum Gasteiger partial charge on any atom is 0.318 e. The molecule has 1 aliphatic heterocycles. The van der Waals surface area contributed by atoms with Gasteiger partial charge in [0, 0.05) is 16.7 Å². The van der Waals surface area contributed by atoms with E-state index in [4.69, 9.17) is 14.2 Å². The van der Waals surface area contributed by atoms with Crippen LogP contribution in [0.15, 0.2) is 72.8 Å². The Hall–Kier alpha value is -3.60. The van der Waals surface area contributed by atoms with Gasteiger partial charge in [-0.3, -0.25) is 9.59 Å². The molecule has 1 aliphatic rings. The van der Waals surface area contributed by atoms with Crippen LogP contribution in [0, 0.1) is 0 Å². The zero-order chi connectivity index (χ0) is 21.1. The number of rotatable bonds is 6.